The van der Waals surface area contributed by atoms with Gasteiger partial charge in [0, 0.05) is 43.6 Å². The molecular formula is C24H27N3O3. The van der Waals surface area contributed by atoms with Crippen LogP contribution < -0.4 is 10.1 Å². The third-order valence-electron chi connectivity index (χ3n) is 5.59. The smallest absolute Gasteiger partial charge is 0.269 e. The predicted octanol–water partition coefficient (Wildman–Crippen LogP) is 4.24. The first-order valence-electron chi connectivity index (χ1n) is 10.5. The van der Waals surface area contributed by atoms with Crippen molar-refractivity contribution in [2.24, 2.45) is 5.92 Å². The molecule has 1 fully saturated rings. The zero-order chi connectivity index (χ0) is 20.8. The van der Waals surface area contributed by atoms with E-state index in [4.69, 9.17) is 9.47 Å². The third kappa shape index (κ3) is 4.76. The molecule has 1 N–H and O–H groups in total. The molecular weight excluding hydrogens is 378 g/mol. The van der Waals surface area contributed by atoms with Crippen molar-refractivity contribution in [2.45, 2.75) is 25.7 Å². The van der Waals surface area contributed by atoms with Gasteiger partial charge in [-0.2, -0.15) is 0 Å². The summed E-state index contributed by atoms with van der Waals surface area (Å²) in [5.74, 6) is 1.43. The monoisotopic (exact) mass is 405 g/mol. The highest BCUT2D eigenvalue weighted by Gasteiger charge is 2.13. The van der Waals surface area contributed by atoms with Gasteiger partial charge in [-0.05, 0) is 61.4 Å². The number of pyridine rings is 2. The molecule has 1 aliphatic rings. The quantitative estimate of drug-likeness (QED) is 0.595. The van der Waals surface area contributed by atoms with Crippen LogP contribution >= 0.6 is 0 Å². The van der Waals surface area contributed by atoms with Gasteiger partial charge in [-0.15, -0.1) is 0 Å². The van der Waals surface area contributed by atoms with Crippen LogP contribution in [-0.4, -0.2) is 42.7 Å². The molecule has 0 bridgehead atoms. The Hall–Kier alpha value is -2.99. The van der Waals surface area contributed by atoms with Gasteiger partial charge in [0.05, 0.1) is 12.1 Å². The van der Waals surface area contributed by atoms with E-state index in [9.17, 15) is 4.79 Å². The number of carbonyl (C=O) groups is 1. The zero-order valence-corrected chi connectivity index (χ0v) is 17.3. The number of aromatic nitrogens is 2. The summed E-state index contributed by atoms with van der Waals surface area (Å²) in [5, 5.41) is 3.51. The molecule has 0 unspecified atom stereocenters. The van der Waals surface area contributed by atoms with Gasteiger partial charge >= 0.3 is 0 Å². The molecule has 6 nitrogen and oxygen atoms in total. The lowest BCUT2D eigenvalue weighted by Crippen LogP contribution is -2.19. The van der Waals surface area contributed by atoms with E-state index in [1.54, 1.807) is 25.5 Å². The topological polar surface area (TPSA) is 73.3 Å². The average molecular weight is 405 g/mol. The van der Waals surface area contributed by atoms with Crippen LogP contribution in [0.3, 0.4) is 0 Å². The lowest BCUT2D eigenvalue weighted by atomic mass is 9.95. The van der Waals surface area contributed by atoms with Crippen molar-refractivity contribution >= 4 is 16.8 Å². The largest absolute Gasteiger partial charge is 0.494 e. The molecule has 2 aromatic heterocycles. The average Bonchev–Trinajstić information content (AvgIpc) is 2.81. The van der Waals surface area contributed by atoms with E-state index in [-0.39, 0.29) is 5.91 Å². The van der Waals surface area contributed by atoms with Crippen molar-refractivity contribution in [3.05, 3.63) is 54.5 Å². The summed E-state index contributed by atoms with van der Waals surface area (Å²) >= 11 is 0. The maximum absolute atomic E-state index is 12.0. The number of nitrogens with zero attached hydrogens (tertiary/aromatic N) is 2. The summed E-state index contributed by atoms with van der Waals surface area (Å²) < 4.78 is 11.3. The Kier molecular flexibility index (Phi) is 6.54. The van der Waals surface area contributed by atoms with Crippen molar-refractivity contribution in [3.8, 4) is 16.9 Å². The number of rotatable bonds is 7. The van der Waals surface area contributed by atoms with Crippen molar-refractivity contribution in [1.82, 2.24) is 15.3 Å². The summed E-state index contributed by atoms with van der Waals surface area (Å²) in [4.78, 5) is 20.9. The Morgan fingerprint density at radius 3 is 2.70 bits per heavy atom. The Balaban J connectivity index is 1.43. The van der Waals surface area contributed by atoms with Crippen molar-refractivity contribution in [3.63, 3.8) is 0 Å². The first-order chi connectivity index (χ1) is 14.7. The minimum atomic E-state index is -0.204. The van der Waals surface area contributed by atoms with Crippen molar-refractivity contribution in [1.29, 1.82) is 0 Å². The van der Waals surface area contributed by atoms with Gasteiger partial charge in [0.15, 0.2) is 0 Å². The van der Waals surface area contributed by atoms with Gasteiger partial charge in [-0.1, -0.05) is 12.1 Å². The van der Waals surface area contributed by atoms with E-state index in [1.165, 1.54) is 19.3 Å². The summed E-state index contributed by atoms with van der Waals surface area (Å²) in [6.45, 7) is 2.52. The van der Waals surface area contributed by atoms with Crippen LogP contribution in [0.1, 0.15) is 36.2 Å². The number of carbonyl (C=O) groups excluding carboxylic acids is 1. The molecule has 3 aromatic rings. The van der Waals surface area contributed by atoms with Crippen LogP contribution in [0.15, 0.2) is 48.8 Å². The number of fused-ring (bicyclic) bond motifs is 1. The normalized spacial score (nSPS) is 14.6. The second-order valence-electron chi connectivity index (χ2n) is 7.61. The molecule has 1 amide bonds. The van der Waals surface area contributed by atoms with E-state index in [0.29, 0.717) is 5.69 Å². The van der Waals surface area contributed by atoms with Crippen LogP contribution in [-0.2, 0) is 4.74 Å². The molecule has 0 spiro atoms. The van der Waals surface area contributed by atoms with Crippen LogP contribution in [0.4, 0.5) is 0 Å². The Bertz CT molecular complexity index is 998. The third-order valence-corrected chi connectivity index (χ3v) is 5.59. The summed E-state index contributed by atoms with van der Waals surface area (Å²) in [6.07, 6.45) is 8.14. The van der Waals surface area contributed by atoms with Crippen LogP contribution in [0.25, 0.3) is 22.0 Å². The molecule has 1 saturated heterocycles. The van der Waals surface area contributed by atoms with Gasteiger partial charge in [-0.25, -0.2) is 4.98 Å². The number of amides is 1. The highest BCUT2D eigenvalue weighted by atomic mass is 16.5. The minimum absolute atomic E-state index is 0.204. The summed E-state index contributed by atoms with van der Waals surface area (Å²) in [6, 6.07) is 11.6. The Morgan fingerprint density at radius 1 is 1.13 bits per heavy atom. The number of benzene rings is 1. The summed E-state index contributed by atoms with van der Waals surface area (Å²) in [7, 11) is 1.60. The second kappa shape index (κ2) is 9.67. The molecule has 6 heteroatoms. The first kappa shape index (κ1) is 20.3. The first-order valence-corrected chi connectivity index (χ1v) is 10.5. The van der Waals surface area contributed by atoms with Gasteiger partial charge in [0.1, 0.15) is 11.4 Å². The van der Waals surface area contributed by atoms with Gasteiger partial charge in [-0.3, -0.25) is 9.78 Å². The highest BCUT2D eigenvalue weighted by Crippen LogP contribution is 2.28. The van der Waals surface area contributed by atoms with Gasteiger partial charge in [0.2, 0.25) is 0 Å². The van der Waals surface area contributed by atoms with Gasteiger partial charge < -0.3 is 14.8 Å². The standard InChI is InChI=1S/C24H27N3O3/c1-25-24(28)22-9-6-19-15-26-16-21(23(19)27-22)18-4-7-20(8-5-18)30-12-2-3-17-10-13-29-14-11-17/h4-9,15-17H,2-3,10-14H2,1H3,(H,25,28). The number of hydrogen-bond acceptors (Lipinski definition) is 5. The number of hydrogen-bond donors (Lipinski definition) is 1. The lowest BCUT2D eigenvalue weighted by molar-refractivity contribution is 0.0620. The second-order valence-corrected chi connectivity index (χ2v) is 7.61. The molecule has 4 rings (SSSR count). The van der Waals surface area contributed by atoms with Crippen LogP contribution in [0.2, 0.25) is 0 Å². The lowest BCUT2D eigenvalue weighted by Gasteiger charge is -2.21. The maximum Gasteiger partial charge on any atom is 0.269 e. The SMILES string of the molecule is CNC(=O)c1ccc2cncc(-c3ccc(OCCCC4CCOCC4)cc3)c2n1. The fourth-order valence-electron chi connectivity index (χ4n) is 3.84. The fourth-order valence-corrected chi connectivity index (χ4v) is 3.84. The van der Waals surface area contributed by atoms with E-state index in [1.807, 2.05) is 30.3 Å². The molecule has 1 aliphatic heterocycles. The van der Waals surface area contributed by atoms with Crippen molar-refractivity contribution in [2.75, 3.05) is 26.9 Å². The molecule has 1 aromatic carbocycles. The predicted molar refractivity (Wildman–Crippen MR) is 117 cm³/mol. The Morgan fingerprint density at radius 2 is 1.93 bits per heavy atom. The minimum Gasteiger partial charge on any atom is -0.494 e. The van der Waals surface area contributed by atoms with E-state index < -0.39 is 0 Å². The molecule has 156 valence electrons. The maximum atomic E-state index is 12.0. The number of ether oxygens (including phenoxy) is 2. The molecule has 0 radical (unpaired) electrons. The highest BCUT2D eigenvalue weighted by molar-refractivity contribution is 5.98. The Labute approximate surface area is 176 Å². The molecule has 0 aliphatic carbocycles. The molecule has 3 heterocycles. The van der Waals surface area contributed by atoms with Crippen LogP contribution in [0.5, 0.6) is 5.75 Å². The van der Waals surface area contributed by atoms with E-state index in [0.717, 1.165) is 59.9 Å². The molecule has 30 heavy (non-hydrogen) atoms. The van der Waals surface area contributed by atoms with Crippen LogP contribution in [0, 0.1) is 5.92 Å². The fraction of sp³-hybridized carbons (Fsp3) is 0.375. The molecule has 0 saturated carbocycles. The van der Waals surface area contributed by atoms with Gasteiger partial charge in [0.25, 0.3) is 5.91 Å². The zero-order valence-electron chi connectivity index (χ0n) is 17.3. The molecule has 0 atom stereocenters. The van der Waals surface area contributed by atoms with Crippen molar-refractivity contribution < 1.29 is 14.3 Å². The van der Waals surface area contributed by atoms with E-state index in [2.05, 4.69) is 15.3 Å². The summed E-state index contributed by atoms with van der Waals surface area (Å²) in [5.41, 5.74) is 3.03. The number of nitrogens with one attached hydrogen (secondary N) is 1. The van der Waals surface area contributed by atoms with E-state index >= 15 is 0 Å².